The van der Waals surface area contributed by atoms with Crippen molar-refractivity contribution in [2.24, 2.45) is 0 Å². The van der Waals surface area contributed by atoms with E-state index >= 15 is 0 Å². The average molecular weight is 430 g/mol. The number of carbonyl (C=O) groups excluding carboxylic acids is 2. The fraction of sp³-hybridized carbons (Fsp3) is 0.556. The molecule has 3 fully saturated rings. The van der Waals surface area contributed by atoms with Gasteiger partial charge >= 0.3 is 0 Å². The van der Waals surface area contributed by atoms with Crippen LogP contribution in [0.1, 0.15) is 24.8 Å². The molecule has 0 spiro atoms. The largest absolute Gasteiger partial charge is 0.508 e. The van der Waals surface area contributed by atoms with Crippen LogP contribution in [0, 0.1) is 0 Å². The molecular formula is C18H21Cl2N3O3S. The summed E-state index contributed by atoms with van der Waals surface area (Å²) in [6.07, 6.45) is 0.738. The van der Waals surface area contributed by atoms with Gasteiger partial charge in [0.1, 0.15) is 5.75 Å². The van der Waals surface area contributed by atoms with Gasteiger partial charge < -0.3 is 15.3 Å². The molecule has 0 bridgehead atoms. The first-order chi connectivity index (χ1) is 12.8. The highest BCUT2D eigenvalue weighted by Crippen LogP contribution is 2.47. The highest BCUT2D eigenvalue weighted by Gasteiger charge is 2.49. The molecule has 9 heteroatoms. The monoisotopic (exact) mass is 429 g/mol. The summed E-state index contributed by atoms with van der Waals surface area (Å²) in [5, 5.41) is 13.9. The van der Waals surface area contributed by atoms with Crippen LogP contribution >= 0.6 is 35.0 Å². The van der Waals surface area contributed by atoms with Gasteiger partial charge in [0.05, 0.1) is 27.5 Å². The molecule has 1 aromatic carbocycles. The molecule has 1 unspecified atom stereocenters. The Morgan fingerprint density at radius 2 is 2.11 bits per heavy atom. The van der Waals surface area contributed by atoms with E-state index in [1.165, 1.54) is 0 Å². The Morgan fingerprint density at radius 3 is 2.81 bits per heavy atom. The van der Waals surface area contributed by atoms with Gasteiger partial charge in [-0.25, -0.2) is 0 Å². The van der Waals surface area contributed by atoms with E-state index in [0.29, 0.717) is 41.0 Å². The van der Waals surface area contributed by atoms with Crippen LogP contribution in [0.15, 0.2) is 12.1 Å². The number of carbonyl (C=O) groups is 2. The van der Waals surface area contributed by atoms with E-state index in [4.69, 9.17) is 23.2 Å². The van der Waals surface area contributed by atoms with E-state index in [2.05, 4.69) is 5.32 Å². The van der Waals surface area contributed by atoms with Gasteiger partial charge in [0.2, 0.25) is 11.8 Å². The molecule has 0 saturated carbocycles. The fourth-order valence-electron chi connectivity index (χ4n) is 4.28. The zero-order valence-corrected chi connectivity index (χ0v) is 17.2. The van der Waals surface area contributed by atoms with Crippen LogP contribution in [0.4, 0.5) is 0 Å². The van der Waals surface area contributed by atoms with Gasteiger partial charge in [0.25, 0.3) is 0 Å². The van der Waals surface area contributed by atoms with Gasteiger partial charge in [0.15, 0.2) is 0 Å². The van der Waals surface area contributed by atoms with E-state index in [9.17, 15) is 14.7 Å². The minimum absolute atomic E-state index is 0.00158. The summed E-state index contributed by atoms with van der Waals surface area (Å²) in [7, 11) is 0. The molecule has 4 rings (SSSR count). The van der Waals surface area contributed by atoms with Crippen LogP contribution in [0.3, 0.4) is 0 Å². The number of piperazine rings is 1. The van der Waals surface area contributed by atoms with Gasteiger partial charge in [-0.2, -0.15) is 0 Å². The Balaban J connectivity index is 1.57. The Labute approximate surface area is 172 Å². The predicted molar refractivity (Wildman–Crippen MR) is 106 cm³/mol. The standard InChI is InChI=1S/C18H21Cl2N3O3S/c1-18-9-22(12-4-5-21-17(12)26)7-14(25)23(18)6-10(8-27-18)15-13(24)3-2-11(19)16(15)20/h2-3,10,12,24H,4-9H2,1H3,(H,21,26)/t10-,12?,18+/m1/s1. The van der Waals surface area contributed by atoms with Crippen molar-refractivity contribution in [3.05, 3.63) is 27.7 Å². The number of rotatable bonds is 2. The quantitative estimate of drug-likeness (QED) is 0.754. The number of hydrogen-bond acceptors (Lipinski definition) is 5. The lowest BCUT2D eigenvalue weighted by Crippen LogP contribution is -2.66. The third kappa shape index (κ3) is 3.28. The predicted octanol–water partition coefficient (Wildman–Crippen LogP) is 2.28. The van der Waals surface area contributed by atoms with E-state index in [1.54, 1.807) is 23.9 Å². The number of nitrogens with zero attached hydrogens (tertiary/aromatic N) is 2. The molecule has 0 aromatic heterocycles. The molecule has 2 amide bonds. The Kier molecular flexibility index (Phi) is 4.99. The average Bonchev–Trinajstić information content (AvgIpc) is 3.05. The summed E-state index contributed by atoms with van der Waals surface area (Å²) in [5.41, 5.74) is 0.601. The number of benzene rings is 1. The first kappa shape index (κ1) is 19.2. The van der Waals surface area contributed by atoms with Gasteiger partial charge in [-0.05, 0) is 25.5 Å². The molecule has 146 valence electrons. The SMILES string of the molecule is C[C@]12CN(C3CCNC3=O)CC(=O)N1C[C@@H](c1c(O)ccc(Cl)c1Cl)CS2. The van der Waals surface area contributed by atoms with Gasteiger partial charge in [0, 0.05) is 36.9 Å². The first-order valence-corrected chi connectivity index (χ1v) is 10.7. The van der Waals surface area contributed by atoms with E-state index < -0.39 is 4.87 Å². The smallest absolute Gasteiger partial charge is 0.237 e. The van der Waals surface area contributed by atoms with Crippen molar-refractivity contribution in [3.63, 3.8) is 0 Å². The zero-order valence-electron chi connectivity index (χ0n) is 14.9. The lowest BCUT2D eigenvalue weighted by Gasteiger charge is -2.53. The number of fused-ring (bicyclic) bond motifs is 1. The molecule has 0 radical (unpaired) electrons. The molecule has 3 heterocycles. The number of aromatic hydroxyl groups is 1. The van der Waals surface area contributed by atoms with Crippen molar-refractivity contribution < 1.29 is 14.7 Å². The fourth-order valence-corrected chi connectivity index (χ4v) is 6.18. The maximum atomic E-state index is 12.9. The third-order valence-electron chi connectivity index (χ3n) is 5.68. The first-order valence-electron chi connectivity index (χ1n) is 8.93. The zero-order chi connectivity index (χ0) is 19.3. The summed E-state index contributed by atoms with van der Waals surface area (Å²) in [4.78, 5) is 28.4. The van der Waals surface area contributed by atoms with Crippen LogP contribution in [-0.4, -0.2) is 69.6 Å². The number of phenolic OH excluding ortho intramolecular Hbond substituents is 1. The molecule has 3 saturated heterocycles. The molecule has 0 aliphatic carbocycles. The molecule has 3 aliphatic rings. The van der Waals surface area contributed by atoms with Crippen molar-refractivity contribution >= 4 is 46.8 Å². The van der Waals surface area contributed by atoms with Gasteiger partial charge in [-0.1, -0.05) is 23.2 Å². The molecule has 3 atom stereocenters. The van der Waals surface area contributed by atoms with Crippen molar-refractivity contribution in [2.45, 2.75) is 30.2 Å². The lowest BCUT2D eigenvalue weighted by atomic mass is 9.96. The Morgan fingerprint density at radius 1 is 1.33 bits per heavy atom. The molecule has 6 nitrogen and oxygen atoms in total. The molecule has 3 aliphatic heterocycles. The van der Waals surface area contributed by atoms with Crippen LogP contribution < -0.4 is 5.32 Å². The topological polar surface area (TPSA) is 72.9 Å². The van der Waals surface area contributed by atoms with Crippen LogP contribution in [-0.2, 0) is 9.59 Å². The van der Waals surface area contributed by atoms with Gasteiger partial charge in [-0.3, -0.25) is 14.5 Å². The number of halogens is 2. The normalized spacial score (nSPS) is 31.7. The van der Waals surface area contributed by atoms with Crippen molar-refractivity contribution in [3.8, 4) is 5.75 Å². The summed E-state index contributed by atoms with van der Waals surface area (Å²) in [6.45, 7) is 4.06. The highest BCUT2D eigenvalue weighted by atomic mass is 35.5. The molecule has 27 heavy (non-hydrogen) atoms. The van der Waals surface area contributed by atoms with Crippen molar-refractivity contribution in [1.82, 2.24) is 15.1 Å². The summed E-state index contributed by atoms with van der Waals surface area (Å²) < 4.78 is 0. The highest BCUT2D eigenvalue weighted by molar-refractivity contribution is 8.00. The summed E-state index contributed by atoms with van der Waals surface area (Å²) in [5.74, 6) is 0.720. The number of phenols is 1. The minimum atomic E-state index is -0.407. The maximum Gasteiger partial charge on any atom is 0.237 e. The second-order valence-corrected chi connectivity index (χ2v) is 9.77. The Hall–Kier alpha value is -1.15. The number of nitrogens with one attached hydrogen (secondary N) is 1. The summed E-state index contributed by atoms with van der Waals surface area (Å²) in [6, 6.07) is 2.89. The molecule has 1 aromatic rings. The van der Waals surface area contributed by atoms with Crippen LogP contribution in [0.25, 0.3) is 0 Å². The maximum absolute atomic E-state index is 12.9. The van der Waals surface area contributed by atoms with Crippen LogP contribution in [0.2, 0.25) is 10.0 Å². The lowest BCUT2D eigenvalue weighted by molar-refractivity contribution is -0.144. The van der Waals surface area contributed by atoms with E-state index in [1.807, 2.05) is 16.7 Å². The molecular weight excluding hydrogens is 409 g/mol. The molecule has 2 N–H and O–H groups in total. The third-order valence-corrected chi connectivity index (χ3v) is 8.04. The minimum Gasteiger partial charge on any atom is -0.508 e. The van der Waals surface area contributed by atoms with Crippen LogP contribution in [0.5, 0.6) is 5.75 Å². The van der Waals surface area contributed by atoms with Crippen molar-refractivity contribution in [2.75, 3.05) is 31.9 Å². The number of thioether (sulfide) groups is 1. The van der Waals surface area contributed by atoms with Gasteiger partial charge in [-0.15, -0.1) is 11.8 Å². The van der Waals surface area contributed by atoms with E-state index in [-0.39, 0.29) is 36.1 Å². The Bertz CT molecular complexity index is 808. The summed E-state index contributed by atoms with van der Waals surface area (Å²) >= 11 is 14.1. The number of hydrogen-bond donors (Lipinski definition) is 2. The number of amides is 2. The second-order valence-electron chi connectivity index (χ2n) is 7.48. The van der Waals surface area contributed by atoms with E-state index in [0.717, 1.165) is 6.42 Å². The second kappa shape index (κ2) is 7.03. The van der Waals surface area contributed by atoms with Crippen molar-refractivity contribution in [1.29, 1.82) is 0 Å².